The summed E-state index contributed by atoms with van der Waals surface area (Å²) in [5, 5.41) is 14.2. The van der Waals surface area contributed by atoms with E-state index >= 15 is 0 Å². The molecule has 0 radical (unpaired) electrons. The molecule has 1 N–H and O–H groups in total. The fourth-order valence-corrected chi connectivity index (χ4v) is 3.40. The molecule has 0 unspecified atom stereocenters. The molecular weight excluding hydrogens is 320 g/mol. The lowest BCUT2D eigenvalue weighted by atomic mass is 9.89. The minimum Gasteiger partial charge on any atom is -0.511 e. The first kappa shape index (κ1) is 17.3. The van der Waals surface area contributed by atoms with E-state index in [0.29, 0.717) is 73.4 Å². The van der Waals surface area contributed by atoms with E-state index < -0.39 is 0 Å². The van der Waals surface area contributed by atoms with E-state index in [1.165, 1.54) is 0 Å². The topological polar surface area (TPSA) is 92.8 Å². The molecule has 0 amide bonds. The van der Waals surface area contributed by atoms with Gasteiger partial charge >= 0.3 is 0 Å². The smallest absolute Gasteiger partial charge is 0.168 e. The van der Waals surface area contributed by atoms with E-state index in [-0.39, 0.29) is 17.3 Å². The van der Waals surface area contributed by atoms with Crippen molar-refractivity contribution in [1.29, 1.82) is 0 Å². The summed E-state index contributed by atoms with van der Waals surface area (Å²) < 4.78 is 5.30. The van der Waals surface area contributed by atoms with E-state index in [4.69, 9.17) is 4.52 Å². The Kier molecular flexibility index (Phi) is 5.26. The van der Waals surface area contributed by atoms with Gasteiger partial charge in [0, 0.05) is 31.4 Å². The molecule has 6 heteroatoms. The summed E-state index contributed by atoms with van der Waals surface area (Å²) in [4.78, 5) is 28.8. The van der Waals surface area contributed by atoms with Crippen molar-refractivity contribution in [3.05, 3.63) is 41.0 Å². The number of rotatable bonds is 6. The molecule has 0 spiro atoms. The molecule has 2 aliphatic carbocycles. The number of hydrogen-bond donors (Lipinski definition) is 1. The van der Waals surface area contributed by atoms with Crippen LogP contribution in [0, 0.1) is 0 Å². The first-order valence-electron chi connectivity index (χ1n) is 8.72. The minimum atomic E-state index is -0.0789. The number of Topliss-reactive ketones (excluding diaryl/α,β-unsaturated/α-hetero) is 2. The lowest BCUT2D eigenvalue weighted by Gasteiger charge is -2.17. The van der Waals surface area contributed by atoms with Gasteiger partial charge in [-0.1, -0.05) is 11.2 Å². The van der Waals surface area contributed by atoms with Crippen molar-refractivity contribution in [1.82, 2.24) is 5.16 Å². The Morgan fingerprint density at radius 3 is 2.72 bits per heavy atom. The largest absolute Gasteiger partial charge is 0.511 e. The summed E-state index contributed by atoms with van der Waals surface area (Å²) in [5.74, 6) is 0.756. The predicted molar refractivity (Wildman–Crippen MR) is 93.1 cm³/mol. The van der Waals surface area contributed by atoms with Crippen LogP contribution in [0.25, 0.3) is 0 Å². The Morgan fingerprint density at radius 1 is 1.20 bits per heavy atom. The molecule has 0 atom stereocenters. The number of allylic oxidation sites excluding steroid dienone is 2. The molecule has 1 aromatic heterocycles. The molecular formula is C19H22N2O4. The minimum absolute atomic E-state index is 0.0675. The lowest BCUT2D eigenvalue weighted by molar-refractivity contribution is -0.115. The zero-order valence-electron chi connectivity index (χ0n) is 14.2. The number of aromatic nitrogens is 1. The van der Waals surface area contributed by atoms with Crippen LogP contribution in [0.15, 0.2) is 33.5 Å². The molecule has 0 aromatic carbocycles. The van der Waals surface area contributed by atoms with Crippen molar-refractivity contribution in [2.45, 2.75) is 51.4 Å². The second-order valence-electron chi connectivity index (χ2n) is 6.38. The maximum atomic E-state index is 12.2. The van der Waals surface area contributed by atoms with Gasteiger partial charge in [0.1, 0.15) is 11.5 Å². The third-order valence-corrected chi connectivity index (χ3v) is 4.60. The highest BCUT2D eigenvalue weighted by atomic mass is 16.5. The first-order chi connectivity index (χ1) is 12.1. The number of carbonyl (C=O) groups excluding carboxylic acids is 2. The number of fused-ring (bicyclic) bond motifs is 1. The summed E-state index contributed by atoms with van der Waals surface area (Å²) >= 11 is 0. The van der Waals surface area contributed by atoms with Gasteiger partial charge in [-0.2, -0.15) is 0 Å². The van der Waals surface area contributed by atoms with Crippen LogP contribution in [0.4, 0.5) is 0 Å². The van der Waals surface area contributed by atoms with Crippen molar-refractivity contribution in [2.24, 2.45) is 4.99 Å². The van der Waals surface area contributed by atoms with Crippen LogP contribution in [0.1, 0.15) is 60.3 Å². The standard InChI is InChI=1S/C19H22N2O4/c1-2-11-20-12(18-14(22)5-3-6-15(18)23)9-10-13-19-16(24)7-4-8-17(19)25-21-13/h2,22H,1,3-11H2. The molecule has 0 aliphatic heterocycles. The SMILES string of the molecule is C=CCN=C(CCc1noc2c1C(=O)CCC2)C1=C(O)CCCC1=O. The van der Waals surface area contributed by atoms with Crippen LogP contribution in [0.3, 0.4) is 0 Å². The van der Waals surface area contributed by atoms with Gasteiger partial charge in [-0.3, -0.25) is 14.6 Å². The van der Waals surface area contributed by atoms with Gasteiger partial charge in [0.25, 0.3) is 0 Å². The Labute approximate surface area is 146 Å². The molecule has 0 saturated heterocycles. The number of aliphatic hydroxyl groups is 1. The van der Waals surface area contributed by atoms with Gasteiger partial charge in [-0.25, -0.2) is 0 Å². The number of ketones is 2. The fourth-order valence-electron chi connectivity index (χ4n) is 3.40. The molecule has 6 nitrogen and oxygen atoms in total. The molecule has 3 rings (SSSR count). The molecule has 0 bridgehead atoms. The Morgan fingerprint density at radius 2 is 1.96 bits per heavy atom. The highest BCUT2D eigenvalue weighted by Crippen LogP contribution is 2.27. The van der Waals surface area contributed by atoms with Crippen LogP contribution in [0.5, 0.6) is 0 Å². The predicted octanol–water partition coefficient (Wildman–Crippen LogP) is 3.32. The zero-order valence-corrected chi connectivity index (χ0v) is 14.2. The zero-order chi connectivity index (χ0) is 17.8. The van der Waals surface area contributed by atoms with Crippen LogP contribution in [-0.4, -0.2) is 34.1 Å². The Bertz CT molecular complexity index is 770. The normalized spacial score (nSPS) is 18.5. The second kappa shape index (κ2) is 7.59. The van der Waals surface area contributed by atoms with Crippen molar-refractivity contribution < 1.29 is 19.2 Å². The van der Waals surface area contributed by atoms with Crippen molar-refractivity contribution in [3.8, 4) is 0 Å². The molecule has 25 heavy (non-hydrogen) atoms. The molecule has 1 aromatic rings. The van der Waals surface area contributed by atoms with E-state index in [1.807, 2.05) is 0 Å². The van der Waals surface area contributed by atoms with Gasteiger partial charge in [0.05, 0.1) is 23.4 Å². The summed E-state index contributed by atoms with van der Waals surface area (Å²) in [6, 6.07) is 0. The molecule has 132 valence electrons. The van der Waals surface area contributed by atoms with E-state index in [0.717, 1.165) is 12.8 Å². The second-order valence-corrected chi connectivity index (χ2v) is 6.38. The van der Waals surface area contributed by atoms with Crippen LogP contribution in [0.2, 0.25) is 0 Å². The van der Waals surface area contributed by atoms with Crippen LogP contribution < -0.4 is 0 Å². The monoisotopic (exact) mass is 342 g/mol. The Balaban J connectivity index is 1.83. The van der Waals surface area contributed by atoms with Gasteiger partial charge in [-0.05, 0) is 25.7 Å². The number of carbonyl (C=O) groups is 2. The third-order valence-electron chi connectivity index (χ3n) is 4.60. The van der Waals surface area contributed by atoms with Crippen LogP contribution >= 0.6 is 0 Å². The van der Waals surface area contributed by atoms with Crippen molar-refractivity contribution in [3.63, 3.8) is 0 Å². The molecule has 0 fully saturated rings. The summed E-state index contributed by atoms with van der Waals surface area (Å²) in [5.41, 5.74) is 2.11. The maximum absolute atomic E-state index is 12.2. The first-order valence-corrected chi connectivity index (χ1v) is 8.72. The van der Waals surface area contributed by atoms with Gasteiger partial charge < -0.3 is 9.63 Å². The maximum Gasteiger partial charge on any atom is 0.168 e. The van der Waals surface area contributed by atoms with Crippen molar-refractivity contribution in [2.75, 3.05) is 6.54 Å². The summed E-state index contributed by atoms with van der Waals surface area (Å²) in [7, 11) is 0. The lowest BCUT2D eigenvalue weighted by Crippen LogP contribution is -2.21. The van der Waals surface area contributed by atoms with Crippen LogP contribution in [-0.2, 0) is 17.6 Å². The van der Waals surface area contributed by atoms with Gasteiger partial charge in [-0.15, -0.1) is 6.58 Å². The number of aryl methyl sites for hydroxylation is 2. The fraction of sp³-hybridized carbons (Fsp3) is 0.474. The van der Waals surface area contributed by atoms with Gasteiger partial charge in [0.2, 0.25) is 0 Å². The third kappa shape index (κ3) is 3.62. The molecule has 0 saturated carbocycles. The van der Waals surface area contributed by atoms with E-state index in [1.54, 1.807) is 6.08 Å². The summed E-state index contributed by atoms with van der Waals surface area (Å²) in [6.45, 7) is 4.02. The van der Waals surface area contributed by atoms with Crippen molar-refractivity contribution >= 4 is 17.3 Å². The highest BCUT2D eigenvalue weighted by molar-refractivity contribution is 6.23. The number of nitrogens with zero attached hydrogens (tertiary/aromatic N) is 2. The van der Waals surface area contributed by atoms with E-state index in [9.17, 15) is 14.7 Å². The average Bonchev–Trinajstić information content (AvgIpc) is 3.01. The van der Waals surface area contributed by atoms with Gasteiger partial charge in [0.15, 0.2) is 11.6 Å². The Hall–Kier alpha value is -2.50. The van der Waals surface area contributed by atoms with E-state index in [2.05, 4.69) is 16.7 Å². The molecule has 2 aliphatic rings. The number of aliphatic hydroxyl groups excluding tert-OH is 1. The number of hydrogen-bond acceptors (Lipinski definition) is 6. The number of aliphatic imine (C=N–C) groups is 1. The highest BCUT2D eigenvalue weighted by Gasteiger charge is 2.28. The quantitative estimate of drug-likeness (QED) is 0.632. The molecule has 1 heterocycles. The average molecular weight is 342 g/mol. The summed E-state index contributed by atoms with van der Waals surface area (Å²) in [6.07, 6.45) is 6.13.